The molecule has 0 radical (unpaired) electrons. The zero-order valence-electron chi connectivity index (χ0n) is 16.3. The van der Waals surface area contributed by atoms with E-state index in [4.69, 9.17) is 21.3 Å². The summed E-state index contributed by atoms with van der Waals surface area (Å²) in [5.41, 5.74) is 2.92. The fourth-order valence-electron chi connectivity index (χ4n) is 3.77. The van der Waals surface area contributed by atoms with Gasteiger partial charge in [-0.15, -0.1) is 0 Å². The zero-order valence-corrected chi connectivity index (χ0v) is 17.0. The molecular weight excluding hydrogens is 398 g/mol. The molecule has 1 fully saturated rings. The standard InChI is InChI=1S/C24H20ClN3O2/c25-17-9-7-16(8-10-17)24(29)26-18-11-12-21-19(15-18)23(28-13-3-4-14-28)27-20-5-1-2-6-22(20)30-21/h1-2,5-12,15H,3-4,13-14H2,(H,26,29). The number of nitrogens with zero attached hydrogens (tertiary/aromatic N) is 2. The minimum absolute atomic E-state index is 0.191. The number of hydrogen-bond donors (Lipinski definition) is 1. The number of rotatable bonds is 2. The minimum Gasteiger partial charge on any atom is -0.454 e. The van der Waals surface area contributed by atoms with E-state index in [0.717, 1.165) is 54.5 Å². The second-order valence-electron chi connectivity index (χ2n) is 7.37. The van der Waals surface area contributed by atoms with Crippen LogP contribution in [0.4, 0.5) is 11.4 Å². The Hall–Kier alpha value is -3.31. The molecule has 0 spiro atoms. The van der Waals surface area contributed by atoms with Gasteiger partial charge in [0.15, 0.2) is 5.75 Å². The number of ether oxygens (including phenoxy) is 1. The van der Waals surface area contributed by atoms with E-state index in [1.807, 2.05) is 42.5 Å². The molecule has 3 aromatic carbocycles. The first kappa shape index (κ1) is 18.7. The smallest absolute Gasteiger partial charge is 0.255 e. The number of halogens is 1. The number of para-hydroxylation sites is 2. The van der Waals surface area contributed by atoms with Gasteiger partial charge in [0.1, 0.15) is 17.3 Å². The van der Waals surface area contributed by atoms with E-state index in [1.165, 1.54) is 0 Å². The van der Waals surface area contributed by atoms with Crippen LogP contribution in [0, 0.1) is 0 Å². The quantitative estimate of drug-likeness (QED) is 0.567. The third kappa shape index (κ3) is 3.64. The lowest BCUT2D eigenvalue weighted by Gasteiger charge is -2.21. The molecule has 0 aliphatic carbocycles. The first-order valence-electron chi connectivity index (χ1n) is 9.99. The number of amidine groups is 1. The number of amides is 1. The van der Waals surface area contributed by atoms with Crippen LogP contribution in [0.5, 0.6) is 11.5 Å². The van der Waals surface area contributed by atoms with E-state index in [1.54, 1.807) is 24.3 Å². The Balaban J connectivity index is 1.52. The zero-order chi connectivity index (χ0) is 20.5. The first-order valence-corrected chi connectivity index (χ1v) is 10.4. The van der Waals surface area contributed by atoms with Crippen LogP contribution in [0.15, 0.2) is 71.7 Å². The predicted octanol–water partition coefficient (Wildman–Crippen LogP) is 5.87. The molecule has 1 amide bonds. The number of hydrogen-bond acceptors (Lipinski definition) is 4. The molecule has 0 bridgehead atoms. The number of carbonyl (C=O) groups is 1. The van der Waals surface area contributed by atoms with Crippen molar-refractivity contribution in [3.8, 4) is 11.5 Å². The molecule has 3 aromatic rings. The molecule has 30 heavy (non-hydrogen) atoms. The summed E-state index contributed by atoms with van der Waals surface area (Å²) in [6, 6.07) is 20.3. The molecule has 1 saturated heterocycles. The molecule has 0 atom stereocenters. The molecule has 2 aliphatic heterocycles. The van der Waals surface area contributed by atoms with Gasteiger partial charge in [0, 0.05) is 29.4 Å². The highest BCUT2D eigenvalue weighted by Gasteiger charge is 2.25. The lowest BCUT2D eigenvalue weighted by molar-refractivity contribution is 0.102. The van der Waals surface area contributed by atoms with Gasteiger partial charge in [-0.3, -0.25) is 4.79 Å². The Morgan fingerprint density at radius 1 is 0.967 bits per heavy atom. The minimum atomic E-state index is -0.191. The maximum absolute atomic E-state index is 12.7. The van der Waals surface area contributed by atoms with Crippen LogP contribution >= 0.6 is 11.6 Å². The molecule has 0 aromatic heterocycles. The summed E-state index contributed by atoms with van der Waals surface area (Å²) < 4.78 is 6.18. The fraction of sp³-hybridized carbons (Fsp3) is 0.167. The monoisotopic (exact) mass is 417 g/mol. The van der Waals surface area contributed by atoms with Gasteiger partial charge in [-0.1, -0.05) is 23.7 Å². The van der Waals surface area contributed by atoms with Crippen molar-refractivity contribution < 1.29 is 9.53 Å². The Morgan fingerprint density at radius 2 is 1.73 bits per heavy atom. The second-order valence-corrected chi connectivity index (χ2v) is 7.81. The molecular formula is C24H20ClN3O2. The fourth-order valence-corrected chi connectivity index (χ4v) is 3.90. The van der Waals surface area contributed by atoms with E-state index in [-0.39, 0.29) is 5.91 Å². The van der Waals surface area contributed by atoms with Gasteiger partial charge in [-0.2, -0.15) is 0 Å². The summed E-state index contributed by atoms with van der Waals surface area (Å²) in [6.07, 6.45) is 2.29. The van der Waals surface area contributed by atoms with Crippen LogP contribution < -0.4 is 10.1 Å². The van der Waals surface area contributed by atoms with Crippen molar-refractivity contribution in [2.75, 3.05) is 18.4 Å². The van der Waals surface area contributed by atoms with Gasteiger partial charge >= 0.3 is 0 Å². The van der Waals surface area contributed by atoms with Crippen molar-refractivity contribution in [2.45, 2.75) is 12.8 Å². The predicted molar refractivity (Wildman–Crippen MR) is 119 cm³/mol. The average molecular weight is 418 g/mol. The molecule has 5 rings (SSSR count). The molecule has 2 aliphatic rings. The molecule has 0 saturated carbocycles. The van der Waals surface area contributed by atoms with Crippen molar-refractivity contribution in [3.05, 3.63) is 82.9 Å². The summed E-state index contributed by atoms with van der Waals surface area (Å²) in [7, 11) is 0. The largest absolute Gasteiger partial charge is 0.454 e. The van der Waals surface area contributed by atoms with Crippen LogP contribution in [-0.2, 0) is 0 Å². The molecule has 0 unspecified atom stereocenters. The summed E-state index contributed by atoms with van der Waals surface area (Å²) in [5, 5.41) is 3.57. The summed E-state index contributed by atoms with van der Waals surface area (Å²) >= 11 is 5.92. The van der Waals surface area contributed by atoms with Crippen LogP contribution in [-0.4, -0.2) is 29.7 Å². The number of carbonyl (C=O) groups excluding carboxylic acids is 1. The van der Waals surface area contributed by atoms with E-state index in [2.05, 4.69) is 10.2 Å². The Bertz CT molecular complexity index is 1140. The normalized spacial score (nSPS) is 14.8. The van der Waals surface area contributed by atoms with Crippen LogP contribution in [0.3, 0.4) is 0 Å². The molecule has 6 heteroatoms. The van der Waals surface area contributed by atoms with E-state index in [0.29, 0.717) is 16.3 Å². The topological polar surface area (TPSA) is 53.9 Å². The molecule has 5 nitrogen and oxygen atoms in total. The van der Waals surface area contributed by atoms with E-state index >= 15 is 0 Å². The highest BCUT2D eigenvalue weighted by Crippen LogP contribution is 2.39. The van der Waals surface area contributed by atoms with Gasteiger partial charge in [0.25, 0.3) is 5.91 Å². The van der Waals surface area contributed by atoms with Crippen LogP contribution in [0.2, 0.25) is 5.02 Å². The van der Waals surface area contributed by atoms with Crippen molar-refractivity contribution in [2.24, 2.45) is 4.99 Å². The highest BCUT2D eigenvalue weighted by atomic mass is 35.5. The van der Waals surface area contributed by atoms with Gasteiger partial charge < -0.3 is 15.0 Å². The Morgan fingerprint density at radius 3 is 2.53 bits per heavy atom. The summed E-state index contributed by atoms with van der Waals surface area (Å²) in [6.45, 7) is 1.92. The number of likely N-dealkylation sites (tertiary alicyclic amines) is 1. The Kier molecular flexibility index (Phi) is 4.89. The van der Waals surface area contributed by atoms with Crippen molar-refractivity contribution in [1.82, 2.24) is 4.90 Å². The van der Waals surface area contributed by atoms with E-state index in [9.17, 15) is 4.79 Å². The highest BCUT2D eigenvalue weighted by molar-refractivity contribution is 6.30. The van der Waals surface area contributed by atoms with Gasteiger partial charge in [0.2, 0.25) is 0 Å². The second kappa shape index (κ2) is 7.84. The summed E-state index contributed by atoms with van der Waals surface area (Å²) in [5.74, 6) is 2.15. The number of nitrogens with one attached hydrogen (secondary N) is 1. The van der Waals surface area contributed by atoms with Gasteiger partial charge in [-0.05, 0) is 67.4 Å². The molecule has 150 valence electrons. The first-order chi connectivity index (χ1) is 14.7. The molecule has 2 heterocycles. The lowest BCUT2D eigenvalue weighted by atomic mass is 10.1. The number of fused-ring (bicyclic) bond motifs is 2. The third-order valence-corrected chi connectivity index (χ3v) is 5.55. The summed E-state index contributed by atoms with van der Waals surface area (Å²) in [4.78, 5) is 19.9. The van der Waals surface area contributed by atoms with Crippen molar-refractivity contribution in [1.29, 1.82) is 0 Å². The number of anilines is 1. The van der Waals surface area contributed by atoms with Crippen molar-refractivity contribution in [3.63, 3.8) is 0 Å². The lowest BCUT2D eigenvalue weighted by Crippen LogP contribution is -2.28. The van der Waals surface area contributed by atoms with Gasteiger partial charge in [0.05, 0.1) is 5.56 Å². The maximum atomic E-state index is 12.7. The van der Waals surface area contributed by atoms with Crippen molar-refractivity contribution >= 4 is 34.7 Å². The average Bonchev–Trinajstić information content (AvgIpc) is 3.24. The van der Waals surface area contributed by atoms with Crippen LogP contribution in [0.1, 0.15) is 28.8 Å². The SMILES string of the molecule is O=C(Nc1ccc2c(c1)C(N1CCCC1)=Nc1ccccc1O2)c1ccc(Cl)cc1. The van der Waals surface area contributed by atoms with Crippen LogP contribution in [0.25, 0.3) is 0 Å². The number of benzene rings is 3. The number of aliphatic imine (C=N–C) groups is 1. The van der Waals surface area contributed by atoms with Gasteiger partial charge in [-0.25, -0.2) is 4.99 Å². The maximum Gasteiger partial charge on any atom is 0.255 e. The van der Waals surface area contributed by atoms with E-state index < -0.39 is 0 Å². The third-order valence-electron chi connectivity index (χ3n) is 5.30. The molecule has 1 N–H and O–H groups in total. The Labute approximate surface area is 180 Å².